The second-order valence-electron chi connectivity index (χ2n) is 5.94. The maximum Gasteiger partial charge on any atom is 0.335 e. The van der Waals surface area contributed by atoms with Crippen LogP contribution in [0.25, 0.3) is 0 Å². The van der Waals surface area contributed by atoms with E-state index in [9.17, 15) is 9.59 Å². The second kappa shape index (κ2) is 6.65. The number of hydrogen-bond acceptors (Lipinski definition) is 2. The molecule has 0 radical (unpaired) electrons. The average molecular weight is 311 g/mol. The van der Waals surface area contributed by atoms with E-state index < -0.39 is 5.97 Å². The Hall–Kier alpha value is -2.62. The number of carboxylic acid groups (broad SMARTS) is 1. The van der Waals surface area contributed by atoms with Gasteiger partial charge in [-0.1, -0.05) is 23.8 Å². The SMILES string of the molecule is Cc1cc(C)c(CC(=O)Nc2cc(C(=O)O)ccc2C)c(C)c1. The summed E-state index contributed by atoms with van der Waals surface area (Å²) < 4.78 is 0. The third-order valence-electron chi connectivity index (χ3n) is 3.94. The van der Waals surface area contributed by atoms with E-state index in [2.05, 4.69) is 17.4 Å². The molecular weight excluding hydrogens is 290 g/mol. The van der Waals surface area contributed by atoms with Crippen LogP contribution in [0.2, 0.25) is 0 Å². The molecule has 0 unspecified atom stereocenters. The van der Waals surface area contributed by atoms with Crippen LogP contribution >= 0.6 is 0 Å². The number of aryl methyl sites for hydroxylation is 4. The maximum atomic E-state index is 12.3. The number of benzene rings is 2. The first kappa shape index (κ1) is 16.7. The highest BCUT2D eigenvalue weighted by molar-refractivity contribution is 5.95. The summed E-state index contributed by atoms with van der Waals surface area (Å²) in [5.41, 5.74) is 5.91. The van der Waals surface area contributed by atoms with E-state index in [1.54, 1.807) is 6.07 Å². The Morgan fingerprint density at radius 1 is 0.957 bits per heavy atom. The Labute approximate surface area is 136 Å². The number of hydrogen-bond donors (Lipinski definition) is 2. The lowest BCUT2D eigenvalue weighted by Crippen LogP contribution is -2.17. The van der Waals surface area contributed by atoms with Crippen molar-refractivity contribution in [3.8, 4) is 0 Å². The van der Waals surface area contributed by atoms with Crippen LogP contribution in [-0.2, 0) is 11.2 Å². The van der Waals surface area contributed by atoms with E-state index in [0.717, 1.165) is 22.3 Å². The van der Waals surface area contributed by atoms with Crippen LogP contribution < -0.4 is 5.32 Å². The van der Waals surface area contributed by atoms with Gasteiger partial charge in [0.05, 0.1) is 12.0 Å². The second-order valence-corrected chi connectivity index (χ2v) is 5.94. The van der Waals surface area contributed by atoms with Gasteiger partial charge in [-0.2, -0.15) is 0 Å². The highest BCUT2D eigenvalue weighted by Gasteiger charge is 2.12. The minimum Gasteiger partial charge on any atom is -0.478 e. The number of nitrogens with one attached hydrogen (secondary N) is 1. The molecule has 0 heterocycles. The van der Waals surface area contributed by atoms with Gasteiger partial charge in [-0.05, 0) is 62.1 Å². The van der Waals surface area contributed by atoms with Gasteiger partial charge >= 0.3 is 5.97 Å². The molecule has 0 saturated heterocycles. The number of carbonyl (C=O) groups is 2. The molecule has 0 aliphatic heterocycles. The van der Waals surface area contributed by atoms with Gasteiger partial charge in [-0.25, -0.2) is 4.79 Å². The highest BCUT2D eigenvalue weighted by Crippen LogP contribution is 2.20. The quantitative estimate of drug-likeness (QED) is 0.902. The van der Waals surface area contributed by atoms with Crippen molar-refractivity contribution in [3.63, 3.8) is 0 Å². The molecule has 0 saturated carbocycles. The number of anilines is 1. The first-order valence-corrected chi connectivity index (χ1v) is 7.48. The van der Waals surface area contributed by atoms with Crippen molar-refractivity contribution in [3.05, 3.63) is 63.7 Å². The van der Waals surface area contributed by atoms with E-state index in [1.165, 1.54) is 17.7 Å². The fourth-order valence-electron chi connectivity index (χ4n) is 2.73. The maximum absolute atomic E-state index is 12.3. The van der Waals surface area contributed by atoms with Crippen molar-refractivity contribution < 1.29 is 14.7 Å². The van der Waals surface area contributed by atoms with Crippen LogP contribution in [0.1, 0.15) is 38.2 Å². The molecule has 0 fully saturated rings. The molecule has 4 heteroatoms. The van der Waals surface area contributed by atoms with Crippen LogP contribution in [0, 0.1) is 27.7 Å². The zero-order valence-corrected chi connectivity index (χ0v) is 13.9. The molecule has 0 spiro atoms. The monoisotopic (exact) mass is 311 g/mol. The van der Waals surface area contributed by atoms with Crippen LogP contribution in [0.4, 0.5) is 5.69 Å². The molecule has 120 valence electrons. The van der Waals surface area contributed by atoms with Crippen molar-refractivity contribution in [1.82, 2.24) is 0 Å². The van der Waals surface area contributed by atoms with Gasteiger partial charge in [-0.3, -0.25) is 4.79 Å². The van der Waals surface area contributed by atoms with Crippen LogP contribution in [0.15, 0.2) is 30.3 Å². The average Bonchev–Trinajstić information content (AvgIpc) is 2.45. The lowest BCUT2D eigenvalue weighted by Gasteiger charge is -2.13. The Bertz CT molecular complexity index is 755. The van der Waals surface area contributed by atoms with Gasteiger partial charge in [-0.15, -0.1) is 0 Å². The summed E-state index contributed by atoms with van der Waals surface area (Å²) in [5, 5.41) is 11.9. The minimum atomic E-state index is -1.01. The summed E-state index contributed by atoms with van der Waals surface area (Å²) in [5.74, 6) is -1.16. The fraction of sp³-hybridized carbons (Fsp3) is 0.263. The van der Waals surface area contributed by atoms with Crippen molar-refractivity contribution in [1.29, 1.82) is 0 Å². The molecule has 2 aromatic rings. The fourth-order valence-corrected chi connectivity index (χ4v) is 2.73. The van der Waals surface area contributed by atoms with E-state index in [-0.39, 0.29) is 17.9 Å². The van der Waals surface area contributed by atoms with Crippen LogP contribution in [-0.4, -0.2) is 17.0 Å². The summed E-state index contributed by atoms with van der Waals surface area (Å²) in [7, 11) is 0. The summed E-state index contributed by atoms with van der Waals surface area (Å²) in [4.78, 5) is 23.4. The molecule has 0 aromatic heterocycles. The Morgan fingerprint density at radius 3 is 2.13 bits per heavy atom. The smallest absolute Gasteiger partial charge is 0.335 e. The molecule has 4 nitrogen and oxygen atoms in total. The molecule has 0 bridgehead atoms. The Kier molecular flexibility index (Phi) is 4.84. The lowest BCUT2D eigenvalue weighted by atomic mass is 9.97. The van der Waals surface area contributed by atoms with Gasteiger partial charge in [0.1, 0.15) is 0 Å². The van der Waals surface area contributed by atoms with Gasteiger partial charge in [0.25, 0.3) is 0 Å². The lowest BCUT2D eigenvalue weighted by molar-refractivity contribution is -0.115. The third-order valence-corrected chi connectivity index (χ3v) is 3.94. The van der Waals surface area contributed by atoms with Gasteiger partial charge in [0, 0.05) is 5.69 Å². The molecule has 0 aliphatic carbocycles. The van der Waals surface area contributed by atoms with Gasteiger partial charge < -0.3 is 10.4 Å². The zero-order valence-electron chi connectivity index (χ0n) is 13.9. The van der Waals surface area contributed by atoms with Crippen molar-refractivity contribution in [2.45, 2.75) is 34.1 Å². The minimum absolute atomic E-state index is 0.148. The Morgan fingerprint density at radius 2 is 1.57 bits per heavy atom. The van der Waals surface area contributed by atoms with Crippen molar-refractivity contribution in [2.24, 2.45) is 0 Å². The normalized spacial score (nSPS) is 10.4. The zero-order chi connectivity index (χ0) is 17.1. The topological polar surface area (TPSA) is 66.4 Å². The predicted octanol–water partition coefficient (Wildman–Crippen LogP) is 3.80. The van der Waals surface area contributed by atoms with Gasteiger partial charge in [0.15, 0.2) is 0 Å². The molecule has 2 rings (SSSR count). The standard InChI is InChI=1S/C19H21NO3/c1-11-7-13(3)16(14(4)8-11)10-18(21)20-17-9-15(19(22)23)6-5-12(17)2/h5-9H,10H2,1-4H3,(H,20,21)(H,22,23). The highest BCUT2D eigenvalue weighted by atomic mass is 16.4. The number of amides is 1. The number of rotatable bonds is 4. The van der Waals surface area contributed by atoms with E-state index in [0.29, 0.717) is 5.69 Å². The molecule has 0 atom stereocenters. The van der Waals surface area contributed by atoms with E-state index in [4.69, 9.17) is 5.11 Å². The third kappa shape index (κ3) is 3.97. The van der Waals surface area contributed by atoms with Crippen LogP contribution in [0.5, 0.6) is 0 Å². The summed E-state index contributed by atoms with van der Waals surface area (Å²) in [6.45, 7) is 7.87. The molecule has 0 aliphatic rings. The number of aromatic carboxylic acids is 1. The predicted molar refractivity (Wildman–Crippen MR) is 91.1 cm³/mol. The first-order chi connectivity index (χ1) is 10.8. The summed E-state index contributed by atoms with van der Waals surface area (Å²) in [6.07, 6.45) is 0.273. The summed E-state index contributed by atoms with van der Waals surface area (Å²) in [6, 6.07) is 8.84. The Balaban J connectivity index is 2.21. The summed E-state index contributed by atoms with van der Waals surface area (Å²) >= 11 is 0. The van der Waals surface area contributed by atoms with Crippen molar-refractivity contribution >= 4 is 17.6 Å². The molecule has 2 aromatic carbocycles. The van der Waals surface area contributed by atoms with Crippen molar-refractivity contribution in [2.75, 3.05) is 5.32 Å². The molecule has 1 amide bonds. The molecule has 2 N–H and O–H groups in total. The largest absolute Gasteiger partial charge is 0.478 e. The van der Waals surface area contributed by atoms with Crippen LogP contribution in [0.3, 0.4) is 0 Å². The van der Waals surface area contributed by atoms with Gasteiger partial charge in [0.2, 0.25) is 5.91 Å². The molecule has 23 heavy (non-hydrogen) atoms. The first-order valence-electron chi connectivity index (χ1n) is 7.48. The number of carbonyl (C=O) groups excluding carboxylic acids is 1. The molecular formula is C19H21NO3. The van der Waals surface area contributed by atoms with E-state index >= 15 is 0 Å². The van der Waals surface area contributed by atoms with E-state index in [1.807, 2.05) is 27.7 Å². The number of carboxylic acids is 1.